The van der Waals surface area contributed by atoms with Gasteiger partial charge in [-0.15, -0.1) is 0 Å². The molecule has 0 atom stereocenters. The van der Waals surface area contributed by atoms with Gasteiger partial charge in [-0.2, -0.15) is 0 Å². The average molecular weight is 366 g/mol. The van der Waals surface area contributed by atoms with Gasteiger partial charge < -0.3 is 22.6 Å². The number of ether oxygens (including phenoxy) is 1. The number of hydrogen-bond acceptors (Lipinski definition) is 6. The molecule has 23 heavy (non-hydrogen) atoms. The summed E-state index contributed by atoms with van der Waals surface area (Å²) >= 11 is 0. The first-order valence-corrected chi connectivity index (χ1v) is 13.7. The summed E-state index contributed by atoms with van der Waals surface area (Å²) in [6.07, 6.45) is 2.49. The maximum absolute atomic E-state index is 11.6. The lowest BCUT2D eigenvalue weighted by atomic mass is 10.3. The molecule has 0 heterocycles. The molecule has 0 saturated heterocycles. The molecule has 138 valence electrons. The molecule has 0 N–H and O–H groups in total. The zero-order valence-electron chi connectivity index (χ0n) is 15.9. The van der Waals surface area contributed by atoms with Crippen LogP contribution < -0.4 is 0 Å². The van der Waals surface area contributed by atoms with E-state index in [1.807, 2.05) is 6.92 Å². The monoisotopic (exact) mass is 365 g/mol. The van der Waals surface area contributed by atoms with E-state index in [1.165, 1.54) is 0 Å². The predicted octanol–water partition coefficient (Wildman–Crippen LogP) is 2.73. The molecule has 0 aromatic carbocycles. The van der Waals surface area contributed by atoms with Crippen LogP contribution in [0.2, 0.25) is 25.7 Å². The standard InChI is InChI=1S/C15H35NO5Si2/c1-8-21-15(17)11-13-16(22(5,6)7)12-9-10-14-23(18-2,19-3)20-4/h8-14H2,1-7H3. The molecule has 0 radical (unpaired) electrons. The minimum atomic E-state index is -2.46. The molecule has 0 aromatic rings. The molecule has 0 aliphatic carbocycles. The second kappa shape index (κ2) is 11.3. The van der Waals surface area contributed by atoms with Crippen LogP contribution in [0.4, 0.5) is 0 Å². The van der Waals surface area contributed by atoms with Crippen molar-refractivity contribution in [1.29, 1.82) is 0 Å². The van der Waals surface area contributed by atoms with Gasteiger partial charge in [0.15, 0.2) is 0 Å². The van der Waals surface area contributed by atoms with Crippen molar-refractivity contribution in [2.45, 2.75) is 51.9 Å². The topological polar surface area (TPSA) is 57.2 Å². The minimum absolute atomic E-state index is 0.111. The van der Waals surface area contributed by atoms with Crippen LogP contribution in [0.3, 0.4) is 0 Å². The van der Waals surface area contributed by atoms with Gasteiger partial charge in [-0.25, -0.2) is 0 Å². The van der Waals surface area contributed by atoms with Crippen LogP contribution in [-0.2, 0) is 22.8 Å². The van der Waals surface area contributed by atoms with Crippen molar-refractivity contribution in [3.8, 4) is 0 Å². The summed E-state index contributed by atoms with van der Waals surface area (Å²) in [7, 11) is 1.02. The van der Waals surface area contributed by atoms with E-state index >= 15 is 0 Å². The van der Waals surface area contributed by atoms with E-state index in [4.69, 9.17) is 18.0 Å². The summed E-state index contributed by atoms with van der Waals surface area (Å²) < 4.78 is 23.8. The van der Waals surface area contributed by atoms with Gasteiger partial charge in [0, 0.05) is 33.9 Å². The van der Waals surface area contributed by atoms with E-state index in [0.29, 0.717) is 13.0 Å². The third-order valence-electron chi connectivity index (χ3n) is 3.93. The van der Waals surface area contributed by atoms with Gasteiger partial charge in [-0.05, 0) is 26.3 Å². The molecular weight excluding hydrogens is 330 g/mol. The molecule has 0 rings (SSSR count). The van der Waals surface area contributed by atoms with Gasteiger partial charge in [0.1, 0.15) is 8.24 Å². The summed E-state index contributed by atoms with van der Waals surface area (Å²) in [6.45, 7) is 11.0. The fourth-order valence-electron chi connectivity index (χ4n) is 2.44. The molecule has 0 saturated carbocycles. The smallest absolute Gasteiger partial charge is 0.466 e. The highest BCUT2D eigenvalue weighted by Crippen LogP contribution is 2.18. The van der Waals surface area contributed by atoms with Gasteiger partial charge in [-0.3, -0.25) is 4.79 Å². The lowest BCUT2D eigenvalue weighted by molar-refractivity contribution is -0.143. The fourth-order valence-corrected chi connectivity index (χ4v) is 5.85. The average Bonchev–Trinajstić information content (AvgIpc) is 2.50. The highest BCUT2D eigenvalue weighted by molar-refractivity contribution is 6.73. The summed E-state index contributed by atoms with van der Waals surface area (Å²) in [6, 6.07) is 0.813. The summed E-state index contributed by atoms with van der Waals surface area (Å²) in [4.78, 5) is 11.6. The van der Waals surface area contributed by atoms with Crippen molar-refractivity contribution < 1.29 is 22.8 Å². The van der Waals surface area contributed by atoms with Crippen molar-refractivity contribution in [2.24, 2.45) is 0 Å². The second-order valence-electron chi connectivity index (χ2n) is 6.47. The van der Waals surface area contributed by atoms with E-state index in [9.17, 15) is 4.79 Å². The van der Waals surface area contributed by atoms with Crippen molar-refractivity contribution >= 4 is 23.0 Å². The van der Waals surface area contributed by atoms with Gasteiger partial charge in [0.25, 0.3) is 0 Å². The Balaban J connectivity index is 4.34. The molecule has 6 nitrogen and oxygen atoms in total. The van der Waals surface area contributed by atoms with Crippen LogP contribution in [-0.4, -0.2) is 68.6 Å². The highest BCUT2D eigenvalue weighted by atomic mass is 28.4. The number of unbranched alkanes of at least 4 members (excludes halogenated alkanes) is 1. The van der Waals surface area contributed by atoms with E-state index in [0.717, 1.165) is 32.0 Å². The molecular formula is C15H35NO5Si2. The molecule has 8 heteroatoms. The first-order chi connectivity index (χ1) is 10.7. The van der Waals surface area contributed by atoms with Crippen molar-refractivity contribution in [2.75, 3.05) is 41.0 Å². The second-order valence-corrected chi connectivity index (χ2v) is 14.5. The molecule has 0 fully saturated rings. The van der Waals surface area contributed by atoms with Gasteiger partial charge >= 0.3 is 14.8 Å². The highest BCUT2D eigenvalue weighted by Gasteiger charge is 2.37. The van der Waals surface area contributed by atoms with E-state index in [1.54, 1.807) is 21.3 Å². The van der Waals surface area contributed by atoms with E-state index in [-0.39, 0.29) is 5.97 Å². The Morgan fingerprint density at radius 2 is 1.52 bits per heavy atom. The maximum Gasteiger partial charge on any atom is 0.500 e. The Hall–Kier alpha value is -0.256. The molecule has 0 bridgehead atoms. The lowest BCUT2D eigenvalue weighted by Crippen LogP contribution is -2.47. The predicted molar refractivity (Wildman–Crippen MR) is 97.0 cm³/mol. The number of carbonyl (C=O) groups is 1. The van der Waals surface area contributed by atoms with Crippen molar-refractivity contribution in [3.63, 3.8) is 0 Å². The number of esters is 1. The lowest BCUT2D eigenvalue weighted by Gasteiger charge is -2.34. The third-order valence-corrected chi connectivity index (χ3v) is 9.11. The quantitative estimate of drug-likeness (QED) is 0.284. The number of nitrogens with zero attached hydrogens (tertiary/aromatic N) is 1. The Bertz CT molecular complexity index is 324. The Kier molecular flexibility index (Phi) is 11.2. The van der Waals surface area contributed by atoms with Crippen molar-refractivity contribution in [1.82, 2.24) is 4.57 Å². The molecule has 0 aliphatic heterocycles. The van der Waals surface area contributed by atoms with Gasteiger partial charge in [0.05, 0.1) is 13.0 Å². The first kappa shape index (κ1) is 22.7. The number of carbonyl (C=O) groups excluding carboxylic acids is 1. The normalized spacial score (nSPS) is 12.7. The molecule has 0 aromatic heterocycles. The largest absolute Gasteiger partial charge is 0.500 e. The van der Waals surface area contributed by atoms with Crippen LogP contribution in [0.25, 0.3) is 0 Å². The Morgan fingerprint density at radius 1 is 0.957 bits per heavy atom. The van der Waals surface area contributed by atoms with Crippen LogP contribution in [0.15, 0.2) is 0 Å². The third kappa shape index (κ3) is 8.97. The zero-order valence-corrected chi connectivity index (χ0v) is 17.9. The Morgan fingerprint density at radius 3 is 1.96 bits per heavy atom. The van der Waals surface area contributed by atoms with Crippen LogP contribution in [0.5, 0.6) is 0 Å². The SMILES string of the molecule is CCOC(=O)CCN(CCCC[Si](OC)(OC)OC)[Si](C)(C)C. The summed E-state index contributed by atoms with van der Waals surface area (Å²) in [5.41, 5.74) is 0. The zero-order chi connectivity index (χ0) is 17.9. The van der Waals surface area contributed by atoms with E-state index < -0.39 is 17.0 Å². The molecule has 0 aliphatic rings. The molecule has 0 spiro atoms. The van der Waals surface area contributed by atoms with Crippen LogP contribution >= 0.6 is 0 Å². The summed E-state index contributed by atoms with van der Waals surface area (Å²) in [5.74, 6) is -0.111. The van der Waals surface area contributed by atoms with E-state index in [2.05, 4.69) is 24.2 Å². The van der Waals surface area contributed by atoms with Gasteiger partial charge in [-0.1, -0.05) is 19.6 Å². The van der Waals surface area contributed by atoms with Gasteiger partial charge in [0.2, 0.25) is 0 Å². The number of hydrogen-bond donors (Lipinski definition) is 0. The maximum atomic E-state index is 11.6. The summed E-state index contributed by atoms with van der Waals surface area (Å²) in [5, 5.41) is 0. The first-order valence-electron chi connectivity index (χ1n) is 8.30. The Labute approximate surface area is 143 Å². The fraction of sp³-hybridized carbons (Fsp3) is 0.933. The number of rotatable bonds is 13. The molecule has 0 amide bonds. The van der Waals surface area contributed by atoms with Crippen molar-refractivity contribution in [3.05, 3.63) is 0 Å². The molecule has 0 unspecified atom stereocenters. The van der Waals surface area contributed by atoms with Crippen LogP contribution in [0.1, 0.15) is 26.2 Å². The van der Waals surface area contributed by atoms with Crippen LogP contribution in [0, 0.1) is 0 Å². The minimum Gasteiger partial charge on any atom is -0.466 e.